The molecule has 5 aromatic rings. The molecule has 8 rings (SSSR count). The van der Waals surface area contributed by atoms with Gasteiger partial charge in [-0.25, -0.2) is 4.90 Å². The lowest BCUT2D eigenvalue weighted by Crippen LogP contribution is -2.45. The zero-order chi connectivity index (χ0) is 32.7. The molecular weight excluding hydrogens is 672 g/mol. The average Bonchev–Trinajstić information content (AvgIpc) is 3.59. The van der Waals surface area contributed by atoms with Crippen LogP contribution in [0, 0.1) is 11.8 Å². The van der Waals surface area contributed by atoms with Crippen LogP contribution in [0.1, 0.15) is 22.3 Å². The van der Waals surface area contributed by atoms with E-state index in [1.54, 1.807) is 60.7 Å². The van der Waals surface area contributed by atoms with Crippen LogP contribution in [-0.4, -0.2) is 17.6 Å². The standard InChI is InChI=1S/C39H23Cl4NO3/c40-26-15-11-24(12-16-26)38-31(22-7-3-1-4-8-22)32(23-9-5-2-6-10-23)39(37(38)47,25-13-17-27(41)18-14-25)34-33(38)35(45)44(36(34)46)28-19-20-29(42)30(43)21-28/h1-21,33-34H/t33-,34-,38-,39-/m0/s1. The summed E-state index contributed by atoms with van der Waals surface area (Å²) in [5, 5.41) is 1.45. The van der Waals surface area contributed by atoms with E-state index >= 15 is 14.4 Å². The number of rotatable bonds is 5. The van der Waals surface area contributed by atoms with E-state index in [-0.39, 0.29) is 16.5 Å². The van der Waals surface area contributed by atoms with Gasteiger partial charge in [0.1, 0.15) is 0 Å². The maximum atomic E-state index is 15.9. The number of imide groups is 1. The normalized spacial score (nSPS) is 24.8. The predicted molar refractivity (Wildman–Crippen MR) is 187 cm³/mol. The molecule has 0 spiro atoms. The summed E-state index contributed by atoms with van der Waals surface area (Å²) in [7, 11) is 0. The molecule has 1 aliphatic heterocycles. The Hall–Kier alpha value is -4.19. The van der Waals surface area contributed by atoms with Gasteiger partial charge in [-0.2, -0.15) is 0 Å². The van der Waals surface area contributed by atoms with Gasteiger partial charge in [-0.15, -0.1) is 0 Å². The fourth-order valence-electron chi connectivity index (χ4n) is 8.24. The van der Waals surface area contributed by atoms with Gasteiger partial charge in [0.05, 0.1) is 38.4 Å². The van der Waals surface area contributed by atoms with E-state index in [9.17, 15) is 0 Å². The number of ketones is 1. The number of halogens is 4. The summed E-state index contributed by atoms with van der Waals surface area (Å²) >= 11 is 25.5. The Bertz CT molecular complexity index is 2020. The van der Waals surface area contributed by atoms with Gasteiger partial charge in [-0.05, 0) is 75.9 Å². The lowest BCUT2D eigenvalue weighted by Gasteiger charge is -2.39. The van der Waals surface area contributed by atoms with E-state index in [1.165, 1.54) is 11.0 Å². The van der Waals surface area contributed by atoms with Crippen LogP contribution in [0.2, 0.25) is 20.1 Å². The Morgan fingerprint density at radius 3 is 1.32 bits per heavy atom. The molecule has 2 bridgehead atoms. The molecule has 2 aliphatic carbocycles. The summed E-state index contributed by atoms with van der Waals surface area (Å²) in [5.74, 6) is -3.39. The third-order valence-electron chi connectivity index (χ3n) is 9.88. The van der Waals surface area contributed by atoms with E-state index in [4.69, 9.17) is 46.4 Å². The number of nitrogens with zero attached hydrogens (tertiary/aromatic N) is 1. The second kappa shape index (κ2) is 10.9. The molecule has 3 aliphatic rings. The van der Waals surface area contributed by atoms with E-state index in [1.807, 2.05) is 60.7 Å². The highest BCUT2D eigenvalue weighted by atomic mass is 35.5. The molecule has 1 saturated heterocycles. The van der Waals surface area contributed by atoms with Gasteiger partial charge in [0.15, 0.2) is 5.78 Å². The molecule has 5 aromatic carbocycles. The fourth-order valence-corrected chi connectivity index (χ4v) is 8.78. The number of carbonyl (C=O) groups is 3. The maximum absolute atomic E-state index is 15.9. The van der Waals surface area contributed by atoms with Crippen molar-refractivity contribution in [2.24, 2.45) is 11.8 Å². The molecule has 4 atom stereocenters. The molecule has 2 amide bonds. The highest BCUT2D eigenvalue weighted by Crippen LogP contribution is 2.74. The van der Waals surface area contributed by atoms with Crippen molar-refractivity contribution in [3.63, 3.8) is 0 Å². The summed E-state index contributed by atoms with van der Waals surface area (Å²) in [6.07, 6.45) is 0. The Labute approximate surface area is 291 Å². The highest BCUT2D eigenvalue weighted by molar-refractivity contribution is 6.43. The van der Waals surface area contributed by atoms with Gasteiger partial charge in [0.25, 0.3) is 0 Å². The van der Waals surface area contributed by atoms with Gasteiger partial charge in [0, 0.05) is 10.0 Å². The molecule has 8 heteroatoms. The first kappa shape index (κ1) is 30.2. The zero-order valence-electron chi connectivity index (χ0n) is 24.5. The van der Waals surface area contributed by atoms with Crippen LogP contribution in [0.15, 0.2) is 127 Å². The summed E-state index contributed by atoms with van der Waals surface area (Å²) in [5.41, 5.74) is 1.26. The van der Waals surface area contributed by atoms with Crippen molar-refractivity contribution < 1.29 is 14.4 Å². The van der Waals surface area contributed by atoms with Crippen LogP contribution < -0.4 is 4.90 Å². The Morgan fingerprint density at radius 1 is 0.489 bits per heavy atom. The second-order valence-corrected chi connectivity index (χ2v) is 13.7. The number of hydrogen-bond donors (Lipinski definition) is 0. The lowest BCUT2D eigenvalue weighted by molar-refractivity contribution is -0.130. The third-order valence-corrected chi connectivity index (χ3v) is 11.1. The SMILES string of the molecule is O=C1[C@@H]2[C@@H](C(=O)N1c1ccc(Cl)c(Cl)c1)[C@@]1(c3ccc(Cl)cc3)C(=O)[C@@]2(c2ccc(Cl)cc2)C(c2ccccc2)=C1c1ccccc1. The largest absolute Gasteiger partial charge is 0.297 e. The minimum Gasteiger partial charge on any atom is -0.297 e. The molecule has 1 heterocycles. The number of Topliss-reactive ketones (excluding diaryl/α,β-unsaturated/α-hetero) is 1. The summed E-state index contributed by atoms with van der Waals surface area (Å²) in [4.78, 5) is 47.2. The molecule has 0 aromatic heterocycles. The Morgan fingerprint density at radius 2 is 0.915 bits per heavy atom. The van der Waals surface area contributed by atoms with Crippen LogP contribution in [0.4, 0.5) is 5.69 Å². The second-order valence-electron chi connectivity index (χ2n) is 12.0. The molecular formula is C39H23Cl4NO3. The van der Waals surface area contributed by atoms with Crippen molar-refractivity contribution in [3.05, 3.63) is 170 Å². The fraction of sp³-hybridized carbons (Fsp3) is 0.103. The van der Waals surface area contributed by atoms with Crippen LogP contribution >= 0.6 is 46.4 Å². The molecule has 230 valence electrons. The number of allylic oxidation sites excluding steroid dienone is 2. The van der Waals surface area contributed by atoms with Gasteiger partial charge in [-0.3, -0.25) is 14.4 Å². The molecule has 47 heavy (non-hydrogen) atoms. The molecule has 1 saturated carbocycles. The van der Waals surface area contributed by atoms with Crippen molar-refractivity contribution in [3.8, 4) is 0 Å². The number of benzene rings is 5. The molecule has 4 nitrogen and oxygen atoms in total. The molecule has 2 fully saturated rings. The van der Waals surface area contributed by atoms with Crippen molar-refractivity contribution in [1.82, 2.24) is 0 Å². The molecule has 0 radical (unpaired) electrons. The first-order chi connectivity index (χ1) is 22.7. The lowest BCUT2D eigenvalue weighted by atomic mass is 9.59. The van der Waals surface area contributed by atoms with Crippen LogP contribution in [0.3, 0.4) is 0 Å². The summed E-state index contributed by atoms with van der Waals surface area (Å²) in [6.45, 7) is 0. The predicted octanol–water partition coefficient (Wildman–Crippen LogP) is 9.49. The number of hydrogen-bond acceptors (Lipinski definition) is 3. The van der Waals surface area contributed by atoms with E-state index in [2.05, 4.69) is 0 Å². The van der Waals surface area contributed by atoms with Crippen LogP contribution in [0.25, 0.3) is 11.1 Å². The van der Waals surface area contributed by atoms with Crippen molar-refractivity contribution >= 4 is 80.8 Å². The van der Waals surface area contributed by atoms with Gasteiger partial charge in [-0.1, -0.05) is 131 Å². The first-order valence-corrected chi connectivity index (χ1v) is 16.5. The van der Waals surface area contributed by atoms with Crippen LogP contribution in [0.5, 0.6) is 0 Å². The van der Waals surface area contributed by atoms with Crippen molar-refractivity contribution in [2.45, 2.75) is 10.8 Å². The maximum Gasteiger partial charge on any atom is 0.239 e. The number of anilines is 1. The van der Waals surface area contributed by atoms with Crippen LogP contribution in [-0.2, 0) is 25.2 Å². The number of carbonyl (C=O) groups excluding carboxylic acids is 3. The van der Waals surface area contributed by atoms with E-state index < -0.39 is 34.5 Å². The number of amides is 2. The van der Waals surface area contributed by atoms with Crippen molar-refractivity contribution in [1.29, 1.82) is 0 Å². The topological polar surface area (TPSA) is 54.5 Å². The average molecular weight is 695 g/mol. The van der Waals surface area contributed by atoms with E-state index in [0.29, 0.717) is 37.3 Å². The monoisotopic (exact) mass is 693 g/mol. The minimum atomic E-state index is -1.56. The van der Waals surface area contributed by atoms with Gasteiger partial charge < -0.3 is 0 Å². The first-order valence-electron chi connectivity index (χ1n) is 15.0. The highest BCUT2D eigenvalue weighted by Gasteiger charge is 2.82. The quantitative estimate of drug-likeness (QED) is 0.172. The van der Waals surface area contributed by atoms with Crippen molar-refractivity contribution in [2.75, 3.05) is 4.90 Å². The van der Waals surface area contributed by atoms with E-state index in [0.717, 1.165) is 11.1 Å². The molecule has 0 unspecified atom stereocenters. The smallest absolute Gasteiger partial charge is 0.239 e. The van der Waals surface area contributed by atoms with Gasteiger partial charge in [0.2, 0.25) is 11.8 Å². The summed E-state index contributed by atoms with van der Waals surface area (Å²) < 4.78 is 0. The minimum absolute atomic E-state index is 0.203. The molecule has 0 N–H and O–H groups in total. The number of fused-ring (bicyclic) bond motifs is 5. The Kier molecular flexibility index (Phi) is 7.02. The Balaban J connectivity index is 1.55. The third kappa shape index (κ3) is 3.99. The van der Waals surface area contributed by atoms with Gasteiger partial charge >= 0.3 is 0 Å². The summed E-state index contributed by atoms with van der Waals surface area (Å²) in [6, 6.07) is 38.0. The zero-order valence-corrected chi connectivity index (χ0v) is 27.5.